The van der Waals surface area contributed by atoms with Crippen molar-refractivity contribution >= 4 is 45.2 Å². The summed E-state index contributed by atoms with van der Waals surface area (Å²) in [5.41, 5.74) is 1.41. The molecule has 0 saturated carbocycles. The second kappa shape index (κ2) is 8.10. The molecule has 142 valence electrons. The van der Waals surface area contributed by atoms with E-state index in [4.69, 9.17) is 14.2 Å². The van der Waals surface area contributed by atoms with E-state index >= 15 is 0 Å². The summed E-state index contributed by atoms with van der Waals surface area (Å²) in [6.07, 6.45) is 2.83. The Morgan fingerprint density at radius 2 is 1.96 bits per heavy atom. The molecule has 1 aromatic heterocycles. The summed E-state index contributed by atoms with van der Waals surface area (Å²) in [5, 5.41) is 3.35. The fraction of sp³-hybridized carbons (Fsp3) is 0.150. The van der Waals surface area contributed by atoms with E-state index in [0.29, 0.717) is 35.4 Å². The van der Waals surface area contributed by atoms with Gasteiger partial charge in [0.1, 0.15) is 18.2 Å². The molecule has 0 atom stereocenters. The molecule has 3 aromatic rings. The predicted octanol–water partition coefficient (Wildman–Crippen LogP) is 3.26. The van der Waals surface area contributed by atoms with E-state index in [2.05, 4.69) is 10.3 Å². The smallest absolute Gasteiger partial charge is 0.331 e. The molecule has 1 aliphatic rings. The Morgan fingerprint density at radius 1 is 1.14 bits per heavy atom. The lowest BCUT2D eigenvalue weighted by Gasteiger charge is -2.18. The normalized spacial score (nSPS) is 12.9. The zero-order chi connectivity index (χ0) is 19.3. The van der Waals surface area contributed by atoms with Crippen molar-refractivity contribution in [2.24, 2.45) is 0 Å². The van der Waals surface area contributed by atoms with Crippen LogP contribution in [0.3, 0.4) is 0 Å². The standard InChI is InChI=1S/C20H16N2O5S/c23-18(21-13-5-6-15-16(11-13)26-10-9-25-15)12-27-20(24)8-7-19-22-14-3-1-2-4-17(14)28-19/h1-8,11H,9-10,12H2,(H,21,23). The molecule has 4 rings (SSSR count). The van der Waals surface area contributed by atoms with Gasteiger partial charge in [-0.2, -0.15) is 0 Å². The maximum absolute atomic E-state index is 12.0. The number of nitrogens with zero attached hydrogens (tertiary/aromatic N) is 1. The average Bonchev–Trinajstić information content (AvgIpc) is 3.14. The van der Waals surface area contributed by atoms with Gasteiger partial charge in [0.15, 0.2) is 18.1 Å². The van der Waals surface area contributed by atoms with Crippen LogP contribution in [0.1, 0.15) is 5.01 Å². The number of hydrogen-bond acceptors (Lipinski definition) is 7. The minimum atomic E-state index is -0.614. The van der Waals surface area contributed by atoms with Crippen molar-refractivity contribution in [1.29, 1.82) is 0 Å². The number of esters is 1. The van der Waals surface area contributed by atoms with Gasteiger partial charge in [0.2, 0.25) is 0 Å². The van der Waals surface area contributed by atoms with Gasteiger partial charge in [-0.05, 0) is 30.3 Å². The number of anilines is 1. The largest absolute Gasteiger partial charge is 0.486 e. The van der Waals surface area contributed by atoms with E-state index in [-0.39, 0.29) is 0 Å². The molecule has 0 spiro atoms. The summed E-state index contributed by atoms with van der Waals surface area (Å²) in [7, 11) is 0. The summed E-state index contributed by atoms with van der Waals surface area (Å²) < 4.78 is 16.9. The Morgan fingerprint density at radius 3 is 2.82 bits per heavy atom. The summed E-state index contributed by atoms with van der Waals surface area (Å²) in [6.45, 7) is 0.569. The van der Waals surface area contributed by atoms with Crippen molar-refractivity contribution in [3.05, 3.63) is 53.5 Å². The first-order chi connectivity index (χ1) is 13.7. The minimum absolute atomic E-state index is 0.391. The summed E-state index contributed by atoms with van der Waals surface area (Å²) in [5.74, 6) is 0.144. The highest BCUT2D eigenvalue weighted by atomic mass is 32.1. The predicted molar refractivity (Wildman–Crippen MR) is 106 cm³/mol. The third kappa shape index (κ3) is 4.29. The molecule has 0 aliphatic carbocycles. The second-order valence-corrected chi connectivity index (χ2v) is 6.93. The molecule has 1 amide bonds. The Balaban J connectivity index is 1.28. The van der Waals surface area contributed by atoms with E-state index in [1.165, 1.54) is 17.4 Å². The SMILES string of the molecule is O=C(COC(=O)C=Cc1nc2ccccc2s1)Nc1ccc2c(c1)OCCO2. The molecular weight excluding hydrogens is 380 g/mol. The zero-order valence-electron chi connectivity index (χ0n) is 14.7. The summed E-state index contributed by atoms with van der Waals surface area (Å²) in [6, 6.07) is 12.8. The number of fused-ring (bicyclic) bond motifs is 2. The Labute approximate surface area is 164 Å². The average molecular weight is 396 g/mol. The highest BCUT2D eigenvalue weighted by Crippen LogP contribution is 2.32. The van der Waals surface area contributed by atoms with E-state index in [1.54, 1.807) is 24.3 Å². The maximum Gasteiger partial charge on any atom is 0.331 e. The van der Waals surface area contributed by atoms with Crippen LogP contribution in [0, 0.1) is 0 Å². The summed E-state index contributed by atoms with van der Waals surface area (Å²) >= 11 is 1.47. The number of carbonyl (C=O) groups is 2. The highest BCUT2D eigenvalue weighted by Gasteiger charge is 2.13. The lowest BCUT2D eigenvalue weighted by Crippen LogP contribution is -2.20. The number of nitrogens with one attached hydrogen (secondary N) is 1. The number of hydrogen-bond donors (Lipinski definition) is 1. The van der Waals surface area contributed by atoms with Crippen LogP contribution in [0.25, 0.3) is 16.3 Å². The fourth-order valence-corrected chi connectivity index (χ4v) is 3.47. The lowest BCUT2D eigenvalue weighted by molar-refractivity contribution is -0.142. The van der Waals surface area contributed by atoms with Crippen LogP contribution in [-0.2, 0) is 14.3 Å². The number of rotatable bonds is 5. The minimum Gasteiger partial charge on any atom is -0.486 e. The van der Waals surface area contributed by atoms with Crippen molar-refractivity contribution in [3.63, 3.8) is 0 Å². The van der Waals surface area contributed by atoms with Gasteiger partial charge in [-0.25, -0.2) is 9.78 Å². The van der Waals surface area contributed by atoms with Gasteiger partial charge in [-0.15, -0.1) is 11.3 Å². The first kappa shape index (κ1) is 18.0. The third-order valence-corrected chi connectivity index (χ3v) is 4.85. The van der Waals surface area contributed by atoms with Crippen molar-refractivity contribution < 1.29 is 23.8 Å². The molecule has 1 N–H and O–H groups in total. The van der Waals surface area contributed by atoms with Gasteiger partial charge >= 0.3 is 5.97 Å². The molecular formula is C20H16N2O5S. The Kier molecular flexibility index (Phi) is 5.20. The molecule has 28 heavy (non-hydrogen) atoms. The van der Waals surface area contributed by atoms with E-state index in [0.717, 1.165) is 10.2 Å². The number of carbonyl (C=O) groups excluding carboxylic acids is 2. The molecule has 2 aromatic carbocycles. The van der Waals surface area contributed by atoms with E-state index in [1.807, 2.05) is 24.3 Å². The molecule has 1 aliphatic heterocycles. The van der Waals surface area contributed by atoms with E-state index < -0.39 is 18.5 Å². The fourth-order valence-electron chi connectivity index (χ4n) is 2.60. The van der Waals surface area contributed by atoms with Crippen molar-refractivity contribution in [3.8, 4) is 11.5 Å². The van der Waals surface area contributed by atoms with Crippen molar-refractivity contribution in [1.82, 2.24) is 4.98 Å². The molecule has 8 heteroatoms. The number of thiazole rings is 1. The molecule has 0 radical (unpaired) electrons. The topological polar surface area (TPSA) is 86.8 Å². The van der Waals surface area contributed by atoms with Crippen molar-refractivity contribution in [2.75, 3.05) is 25.1 Å². The molecule has 0 saturated heterocycles. The van der Waals surface area contributed by atoms with Gasteiger partial charge < -0.3 is 19.5 Å². The molecule has 0 unspecified atom stereocenters. The van der Waals surface area contributed by atoms with Crippen LogP contribution in [0.5, 0.6) is 11.5 Å². The van der Waals surface area contributed by atoms with Crippen LogP contribution in [0.15, 0.2) is 48.5 Å². The second-order valence-electron chi connectivity index (χ2n) is 5.87. The number of para-hydroxylation sites is 1. The first-order valence-corrected chi connectivity index (χ1v) is 9.39. The van der Waals surface area contributed by atoms with Crippen LogP contribution < -0.4 is 14.8 Å². The van der Waals surface area contributed by atoms with Crippen LogP contribution in [0.2, 0.25) is 0 Å². The van der Waals surface area contributed by atoms with Crippen LogP contribution in [-0.4, -0.2) is 36.7 Å². The van der Waals surface area contributed by atoms with Gasteiger partial charge in [-0.1, -0.05) is 12.1 Å². The molecule has 0 bridgehead atoms. The maximum atomic E-state index is 12.0. The Hall–Kier alpha value is -3.39. The number of ether oxygens (including phenoxy) is 3. The quantitative estimate of drug-likeness (QED) is 0.526. The first-order valence-electron chi connectivity index (χ1n) is 8.57. The Bertz CT molecular complexity index is 1030. The summed E-state index contributed by atoms with van der Waals surface area (Å²) in [4.78, 5) is 28.2. The lowest BCUT2D eigenvalue weighted by atomic mass is 10.2. The van der Waals surface area contributed by atoms with Gasteiger partial charge in [0, 0.05) is 17.8 Å². The van der Waals surface area contributed by atoms with Crippen LogP contribution in [0.4, 0.5) is 5.69 Å². The number of benzene rings is 2. The van der Waals surface area contributed by atoms with Gasteiger partial charge in [0.25, 0.3) is 5.91 Å². The van der Waals surface area contributed by atoms with Crippen molar-refractivity contribution in [2.45, 2.75) is 0 Å². The molecule has 0 fully saturated rings. The number of aromatic nitrogens is 1. The van der Waals surface area contributed by atoms with Gasteiger partial charge in [0.05, 0.1) is 10.2 Å². The zero-order valence-corrected chi connectivity index (χ0v) is 15.5. The van der Waals surface area contributed by atoms with Crippen LogP contribution >= 0.6 is 11.3 Å². The highest BCUT2D eigenvalue weighted by molar-refractivity contribution is 7.19. The third-order valence-electron chi connectivity index (χ3n) is 3.84. The van der Waals surface area contributed by atoms with Gasteiger partial charge in [-0.3, -0.25) is 4.79 Å². The number of amides is 1. The van der Waals surface area contributed by atoms with E-state index in [9.17, 15) is 9.59 Å². The molecule has 7 nitrogen and oxygen atoms in total. The molecule has 2 heterocycles. The monoisotopic (exact) mass is 396 g/mol.